The molecule has 0 aliphatic heterocycles. The number of hydrogen-bond acceptors (Lipinski definition) is 1. The number of rotatable bonds is 1. The van der Waals surface area contributed by atoms with Gasteiger partial charge in [0.2, 0.25) is 0 Å². The van der Waals surface area contributed by atoms with Crippen molar-refractivity contribution >= 4 is 25.7 Å². The van der Waals surface area contributed by atoms with Crippen LogP contribution in [0.2, 0.25) is 0 Å². The van der Waals surface area contributed by atoms with E-state index in [1.54, 1.807) is 0 Å². The summed E-state index contributed by atoms with van der Waals surface area (Å²) in [7, 11) is 0.287. The van der Waals surface area contributed by atoms with Crippen molar-refractivity contribution in [3.8, 4) is 0 Å². The van der Waals surface area contributed by atoms with E-state index in [-0.39, 0.29) is 25.7 Å². The molecule has 6 heteroatoms. The van der Waals surface area contributed by atoms with Crippen LogP contribution in [0.25, 0.3) is 0 Å². The molecule has 0 atom stereocenters. The van der Waals surface area contributed by atoms with Gasteiger partial charge in [-0.15, -0.1) is 12.4 Å². The van der Waals surface area contributed by atoms with Crippen LogP contribution < -0.4 is 11.5 Å². The average Bonchev–Trinajstić information content (AvgIpc) is 1.35. The van der Waals surface area contributed by atoms with Crippen LogP contribution in [0.3, 0.4) is 0 Å². The molecule has 0 rings (SSSR count). The van der Waals surface area contributed by atoms with Gasteiger partial charge in [0.05, 0.1) is 0 Å². The molecule has 0 fully saturated rings. The molecule has 0 aliphatic carbocycles. The van der Waals surface area contributed by atoms with Crippen LogP contribution >= 0.6 is 12.4 Å². The zero-order chi connectivity index (χ0) is 4.99. The SMILES string of the molecule is Cl.NC(N)=NB=O. The third-order valence-electron chi connectivity index (χ3n) is 0.202. The Bertz CT molecular complexity index is 79.0. The fourth-order valence-corrected chi connectivity index (χ4v) is 0.0609. The molecule has 0 saturated heterocycles. The van der Waals surface area contributed by atoms with Crippen molar-refractivity contribution in [1.29, 1.82) is 0 Å². The molecule has 0 bridgehead atoms. The average molecular weight is 121 g/mol. The Kier molecular flexibility index (Phi) is 7.48. The van der Waals surface area contributed by atoms with Gasteiger partial charge in [0.1, 0.15) is 0 Å². The molecule has 0 aromatic carbocycles. The second kappa shape index (κ2) is 5.42. The van der Waals surface area contributed by atoms with Crippen molar-refractivity contribution in [3.63, 3.8) is 0 Å². The van der Waals surface area contributed by atoms with Gasteiger partial charge in [0.15, 0.2) is 0 Å². The molecule has 4 nitrogen and oxygen atoms in total. The Hall–Kier alpha value is -0.575. The standard InChI is InChI=1S/CH4BN3O.ClH/c3-1(4)5-2-6;/h(H4,3,4,5);1H. The van der Waals surface area contributed by atoms with Gasteiger partial charge in [-0.3, -0.25) is 0 Å². The zero-order valence-electron chi connectivity index (χ0n) is 3.50. The number of hydrogen-bond donors (Lipinski definition) is 2. The van der Waals surface area contributed by atoms with E-state index in [9.17, 15) is 4.70 Å². The van der Waals surface area contributed by atoms with Crippen LogP contribution in [-0.2, 0) is 4.70 Å². The fourth-order valence-electron chi connectivity index (χ4n) is 0.0609. The van der Waals surface area contributed by atoms with Gasteiger partial charge >= 0.3 is 34.3 Å². The Morgan fingerprint density at radius 3 is 2.00 bits per heavy atom. The molecule has 0 aliphatic rings. The molecule has 40 valence electrons. The second-order valence-corrected chi connectivity index (χ2v) is 0.659. The van der Waals surface area contributed by atoms with Crippen molar-refractivity contribution in [3.05, 3.63) is 0 Å². The van der Waals surface area contributed by atoms with Crippen molar-refractivity contribution in [2.24, 2.45) is 16.4 Å². The minimum absolute atomic E-state index is 0. The Labute approximate surface area is 47.7 Å². The van der Waals surface area contributed by atoms with E-state index in [4.69, 9.17) is 11.5 Å². The topological polar surface area (TPSA) is 81.5 Å². The van der Waals surface area contributed by atoms with E-state index >= 15 is 0 Å². The van der Waals surface area contributed by atoms with E-state index in [1.807, 2.05) is 0 Å². The monoisotopic (exact) mass is 121 g/mol. The Morgan fingerprint density at radius 1 is 1.57 bits per heavy atom. The van der Waals surface area contributed by atoms with Gasteiger partial charge in [-0.2, -0.15) is 0 Å². The molecule has 0 spiro atoms. The van der Waals surface area contributed by atoms with Crippen LogP contribution in [0.1, 0.15) is 0 Å². The zero-order valence-corrected chi connectivity index (χ0v) is 4.31. The molecule has 0 saturated carbocycles. The van der Waals surface area contributed by atoms with Gasteiger partial charge in [0.25, 0.3) is 0 Å². The molecule has 0 aromatic heterocycles. The first-order chi connectivity index (χ1) is 2.77. The van der Waals surface area contributed by atoms with Crippen LogP contribution in [0.4, 0.5) is 0 Å². The first-order valence-corrected chi connectivity index (χ1v) is 1.29. The normalized spacial score (nSPS) is 5.14. The van der Waals surface area contributed by atoms with E-state index in [0.717, 1.165) is 0 Å². The number of halogens is 1. The first-order valence-electron chi connectivity index (χ1n) is 1.29. The number of nitrogens with two attached hydrogens (primary N) is 2. The van der Waals surface area contributed by atoms with Gasteiger partial charge in [0, 0.05) is 0 Å². The number of guanidine groups is 1. The second-order valence-electron chi connectivity index (χ2n) is 0.659. The fraction of sp³-hybridized carbons (Fsp3) is 0. The summed E-state index contributed by atoms with van der Waals surface area (Å²) in [5.74, 6) is -0.204. The molecular weight excluding hydrogens is 116 g/mol. The van der Waals surface area contributed by atoms with E-state index < -0.39 is 0 Å². The quantitative estimate of drug-likeness (QED) is 0.255. The molecule has 0 aromatic rings. The van der Waals surface area contributed by atoms with Crippen molar-refractivity contribution in [1.82, 2.24) is 0 Å². The summed E-state index contributed by atoms with van der Waals surface area (Å²) in [5.41, 5.74) is 9.40. The maximum atomic E-state index is 9.27. The van der Waals surface area contributed by atoms with Crippen molar-refractivity contribution in [2.45, 2.75) is 0 Å². The van der Waals surface area contributed by atoms with Crippen molar-refractivity contribution < 1.29 is 4.70 Å². The van der Waals surface area contributed by atoms with Crippen molar-refractivity contribution in [2.75, 3.05) is 0 Å². The predicted molar refractivity (Wildman–Crippen MR) is 29.5 cm³/mol. The van der Waals surface area contributed by atoms with Crippen LogP contribution in [0, 0.1) is 0 Å². The molecule has 0 radical (unpaired) electrons. The van der Waals surface area contributed by atoms with Crippen LogP contribution in [-0.4, -0.2) is 13.2 Å². The summed E-state index contributed by atoms with van der Waals surface area (Å²) in [5, 5.41) is 0. The summed E-state index contributed by atoms with van der Waals surface area (Å²) < 4.78 is 9.27. The summed E-state index contributed by atoms with van der Waals surface area (Å²) in [4.78, 5) is 2.92. The maximum absolute atomic E-state index is 9.27. The molecule has 0 unspecified atom stereocenters. The van der Waals surface area contributed by atoms with E-state index in [0.29, 0.717) is 0 Å². The summed E-state index contributed by atoms with van der Waals surface area (Å²) in [6, 6.07) is 0. The van der Waals surface area contributed by atoms with E-state index in [2.05, 4.69) is 4.90 Å². The minimum atomic E-state index is -0.204. The molecule has 0 amide bonds. The molecular formula is CH5BClN3O. The van der Waals surface area contributed by atoms with Crippen LogP contribution in [0.15, 0.2) is 4.90 Å². The van der Waals surface area contributed by atoms with Gasteiger partial charge in [-0.05, 0) is 0 Å². The predicted octanol–water partition coefficient (Wildman–Crippen LogP) is -1.35. The third kappa shape index (κ3) is 10.8. The first kappa shape index (κ1) is 9.66. The summed E-state index contributed by atoms with van der Waals surface area (Å²) in [6.07, 6.45) is 0. The number of nitrogens with zero attached hydrogens (tertiary/aromatic N) is 1. The van der Waals surface area contributed by atoms with Gasteiger partial charge in [-0.1, -0.05) is 0 Å². The summed E-state index contributed by atoms with van der Waals surface area (Å²) >= 11 is 0. The third-order valence-corrected chi connectivity index (χ3v) is 0.202. The Balaban J connectivity index is 0. The van der Waals surface area contributed by atoms with Crippen LogP contribution in [0.5, 0.6) is 0 Å². The summed E-state index contributed by atoms with van der Waals surface area (Å²) in [6.45, 7) is 0. The molecule has 7 heavy (non-hydrogen) atoms. The molecule has 0 heterocycles. The van der Waals surface area contributed by atoms with Gasteiger partial charge in [-0.25, -0.2) is 0 Å². The Morgan fingerprint density at radius 2 is 2.00 bits per heavy atom. The van der Waals surface area contributed by atoms with Gasteiger partial charge < -0.3 is 0 Å². The van der Waals surface area contributed by atoms with E-state index in [1.165, 1.54) is 0 Å². The molecule has 4 N–H and O–H groups in total.